The fraction of sp³-hybridized carbons (Fsp3) is 0.583. The Hall–Kier alpha value is -2.34. The number of hydrogen-bond donors (Lipinski definition) is 1. The number of nitrogens with one attached hydrogen (secondary N) is 1. The monoisotopic (exact) mass is 410 g/mol. The van der Waals surface area contributed by atoms with Gasteiger partial charge in [-0.3, -0.25) is 4.79 Å². The number of para-hydroxylation sites is 1. The summed E-state index contributed by atoms with van der Waals surface area (Å²) in [7, 11) is 0. The van der Waals surface area contributed by atoms with Crippen LogP contribution in [0.25, 0.3) is 0 Å². The Labute approximate surface area is 179 Å². The van der Waals surface area contributed by atoms with Gasteiger partial charge in [0.05, 0.1) is 25.3 Å². The van der Waals surface area contributed by atoms with Gasteiger partial charge in [-0.2, -0.15) is 5.10 Å². The van der Waals surface area contributed by atoms with Gasteiger partial charge in [-0.05, 0) is 37.8 Å². The van der Waals surface area contributed by atoms with Crippen LogP contribution in [-0.2, 0) is 4.79 Å². The van der Waals surface area contributed by atoms with E-state index in [1.807, 2.05) is 41.1 Å². The number of carbonyl (C=O) groups excluding carboxylic acids is 1. The first kappa shape index (κ1) is 20.9. The number of amides is 1. The Morgan fingerprint density at radius 2 is 1.70 bits per heavy atom. The number of anilines is 1. The van der Waals surface area contributed by atoms with Gasteiger partial charge < -0.3 is 15.0 Å². The Bertz CT molecular complexity index is 776. The van der Waals surface area contributed by atoms with Crippen LogP contribution >= 0.6 is 0 Å². The molecular weight excluding hydrogens is 376 g/mol. The van der Waals surface area contributed by atoms with Crippen molar-refractivity contribution in [3.8, 4) is 5.75 Å². The van der Waals surface area contributed by atoms with Crippen molar-refractivity contribution in [2.45, 2.75) is 69.9 Å². The van der Waals surface area contributed by atoms with E-state index in [2.05, 4.69) is 15.3 Å². The highest BCUT2D eigenvalue weighted by atomic mass is 16.5. The SMILES string of the molecule is O=C(CCOc1ccccc1)Nc1ccnn1C1CCN(C2CCCCCC2)CC1. The molecule has 1 aromatic heterocycles. The Balaban J connectivity index is 1.24. The number of ether oxygens (including phenoxy) is 1. The highest BCUT2D eigenvalue weighted by Gasteiger charge is 2.27. The Morgan fingerprint density at radius 1 is 0.967 bits per heavy atom. The van der Waals surface area contributed by atoms with Crippen molar-refractivity contribution in [1.29, 1.82) is 0 Å². The first-order valence-corrected chi connectivity index (χ1v) is 11.5. The molecule has 2 fully saturated rings. The van der Waals surface area contributed by atoms with Crippen LogP contribution in [0.5, 0.6) is 5.75 Å². The molecule has 6 heteroatoms. The van der Waals surface area contributed by atoms with Gasteiger partial charge in [0, 0.05) is 25.2 Å². The van der Waals surface area contributed by atoms with Gasteiger partial charge in [0.15, 0.2) is 0 Å². The predicted octanol–water partition coefficient (Wildman–Crippen LogP) is 4.65. The third-order valence-electron chi connectivity index (χ3n) is 6.46. The first-order valence-electron chi connectivity index (χ1n) is 11.5. The lowest BCUT2D eigenvalue weighted by Gasteiger charge is -2.37. The van der Waals surface area contributed by atoms with E-state index >= 15 is 0 Å². The van der Waals surface area contributed by atoms with Crippen LogP contribution in [-0.4, -0.2) is 46.3 Å². The summed E-state index contributed by atoms with van der Waals surface area (Å²) < 4.78 is 7.65. The van der Waals surface area contributed by atoms with E-state index in [-0.39, 0.29) is 5.91 Å². The van der Waals surface area contributed by atoms with Crippen molar-refractivity contribution < 1.29 is 9.53 Å². The summed E-state index contributed by atoms with van der Waals surface area (Å²) >= 11 is 0. The molecular formula is C24H34N4O2. The first-order chi connectivity index (χ1) is 14.8. The molecule has 0 radical (unpaired) electrons. The number of rotatable bonds is 7. The molecule has 0 atom stereocenters. The van der Waals surface area contributed by atoms with Crippen molar-refractivity contribution >= 4 is 11.7 Å². The van der Waals surface area contributed by atoms with E-state index in [9.17, 15) is 4.79 Å². The maximum absolute atomic E-state index is 12.4. The molecule has 1 aliphatic heterocycles. The molecule has 2 heterocycles. The molecule has 0 spiro atoms. The highest BCUT2D eigenvalue weighted by Crippen LogP contribution is 2.30. The molecule has 6 nitrogen and oxygen atoms in total. The zero-order valence-corrected chi connectivity index (χ0v) is 17.8. The van der Waals surface area contributed by atoms with Crippen molar-refractivity contribution in [3.63, 3.8) is 0 Å². The minimum absolute atomic E-state index is 0.0384. The van der Waals surface area contributed by atoms with Crippen molar-refractivity contribution in [2.24, 2.45) is 0 Å². The van der Waals surface area contributed by atoms with Crippen LogP contribution in [0.4, 0.5) is 5.82 Å². The summed E-state index contributed by atoms with van der Waals surface area (Å²) in [4.78, 5) is 15.1. The Kier molecular flexibility index (Phi) is 7.40. The van der Waals surface area contributed by atoms with E-state index in [0.717, 1.165) is 43.5 Å². The molecule has 1 saturated carbocycles. The average molecular weight is 411 g/mol. The standard InChI is InChI=1S/C24H34N4O2/c29-24(15-19-30-22-10-6-3-7-11-22)26-23-12-16-25-28(23)21-13-17-27(18-14-21)20-8-4-1-2-5-9-20/h3,6-7,10-12,16,20-21H,1-2,4-5,8-9,13-15,17-19H2,(H,26,29). The van der Waals surface area contributed by atoms with E-state index in [4.69, 9.17) is 4.74 Å². The van der Waals surface area contributed by atoms with E-state index in [1.165, 1.54) is 38.5 Å². The van der Waals surface area contributed by atoms with E-state index in [0.29, 0.717) is 19.1 Å². The summed E-state index contributed by atoms with van der Waals surface area (Å²) in [6.07, 6.45) is 12.6. The lowest BCUT2D eigenvalue weighted by molar-refractivity contribution is -0.116. The van der Waals surface area contributed by atoms with E-state index in [1.54, 1.807) is 6.20 Å². The second-order valence-electron chi connectivity index (χ2n) is 8.53. The average Bonchev–Trinajstić information content (AvgIpc) is 3.06. The maximum Gasteiger partial charge on any atom is 0.228 e. The number of piperidine rings is 1. The molecule has 2 aliphatic rings. The van der Waals surface area contributed by atoms with Crippen LogP contribution in [0, 0.1) is 0 Å². The summed E-state index contributed by atoms with van der Waals surface area (Å²) in [5.41, 5.74) is 0. The van der Waals surface area contributed by atoms with Gasteiger partial charge in [0.25, 0.3) is 0 Å². The number of carbonyl (C=O) groups is 1. The summed E-state index contributed by atoms with van der Waals surface area (Å²) in [6, 6.07) is 12.6. The molecule has 1 aliphatic carbocycles. The normalized spacial score (nSPS) is 19.3. The molecule has 162 valence electrons. The summed E-state index contributed by atoms with van der Waals surface area (Å²) in [5.74, 6) is 1.55. The van der Waals surface area contributed by atoms with Crippen LogP contribution in [0.3, 0.4) is 0 Å². The lowest BCUT2D eigenvalue weighted by Crippen LogP contribution is -2.42. The van der Waals surface area contributed by atoms with Crippen LogP contribution in [0.2, 0.25) is 0 Å². The van der Waals surface area contributed by atoms with Crippen LogP contribution < -0.4 is 10.1 Å². The number of benzene rings is 1. The highest BCUT2D eigenvalue weighted by molar-refractivity contribution is 5.89. The van der Waals surface area contributed by atoms with Crippen LogP contribution in [0.1, 0.15) is 63.8 Å². The lowest BCUT2D eigenvalue weighted by atomic mass is 10.00. The van der Waals surface area contributed by atoms with Gasteiger partial charge in [0.2, 0.25) is 5.91 Å². The third kappa shape index (κ3) is 5.63. The maximum atomic E-state index is 12.4. The quantitative estimate of drug-likeness (QED) is 0.675. The smallest absolute Gasteiger partial charge is 0.228 e. The van der Waals surface area contributed by atoms with Gasteiger partial charge in [-0.25, -0.2) is 4.68 Å². The second kappa shape index (κ2) is 10.6. The predicted molar refractivity (Wildman–Crippen MR) is 119 cm³/mol. The molecule has 1 amide bonds. The summed E-state index contributed by atoms with van der Waals surface area (Å²) in [6.45, 7) is 2.63. The third-order valence-corrected chi connectivity index (χ3v) is 6.46. The minimum Gasteiger partial charge on any atom is -0.493 e. The zero-order chi connectivity index (χ0) is 20.6. The molecule has 1 aromatic carbocycles. The fourth-order valence-electron chi connectivity index (χ4n) is 4.81. The second-order valence-corrected chi connectivity index (χ2v) is 8.53. The van der Waals surface area contributed by atoms with Gasteiger partial charge >= 0.3 is 0 Å². The Morgan fingerprint density at radius 3 is 2.43 bits per heavy atom. The zero-order valence-electron chi connectivity index (χ0n) is 17.8. The summed E-state index contributed by atoms with van der Waals surface area (Å²) in [5, 5.41) is 7.55. The molecule has 0 bridgehead atoms. The largest absolute Gasteiger partial charge is 0.493 e. The molecule has 4 rings (SSSR count). The number of likely N-dealkylation sites (tertiary alicyclic amines) is 1. The van der Waals surface area contributed by atoms with Gasteiger partial charge in [-0.1, -0.05) is 43.9 Å². The van der Waals surface area contributed by atoms with Gasteiger partial charge in [0.1, 0.15) is 11.6 Å². The fourth-order valence-corrected chi connectivity index (χ4v) is 4.81. The molecule has 30 heavy (non-hydrogen) atoms. The van der Waals surface area contributed by atoms with Gasteiger partial charge in [-0.15, -0.1) is 0 Å². The van der Waals surface area contributed by atoms with Crippen molar-refractivity contribution in [2.75, 3.05) is 25.0 Å². The molecule has 2 aromatic rings. The number of aromatic nitrogens is 2. The number of nitrogens with zero attached hydrogens (tertiary/aromatic N) is 3. The minimum atomic E-state index is -0.0384. The van der Waals surface area contributed by atoms with E-state index < -0.39 is 0 Å². The topological polar surface area (TPSA) is 59.4 Å². The molecule has 1 N–H and O–H groups in total. The van der Waals surface area contributed by atoms with Crippen LogP contribution in [0.15, 0.2) is 42.6 Å². The van der Waals surface area contributed by atoms with Crippen molar-refractivity contribution in [3.05, 3.63) is 42.6 Å². The molecule has 0 unspecified atom stereocenters. The molecule has 1 saturated heterocycles. The number of hydrogen-bond acceptors (Lipinski definition) is 4. The van der Waals surface area contributed by atoms with Crippen molar-refractivity contribution in [1.82, 2.24) is 14.7 Å².